The normalized spacial score (nSPS) is 11.1. The molecular formula is C29H29FN2O3. The highest BCUT2D eigenvalue weighted by molar-refractivity contribution is 6.11. The molecule has 2 amide bonds. The molecule has 0 atom stereocenters. The highest BCUT2D eigenvalue weighted by Crippen LogP contribution is 2.36. The maximum absolute atomic E-state index is 13.5. The van der Waals surface area contributed by atoms with E-state index in [2.05, 4.69) is 19.2 Å². The molecule has 0 saturated carbocycles. The van der Waals surface area contributed by atoms with Crippen LogP contribution < -0.4 is 5.32 Å². The summed E-state index contributed by atoms with van der Waals surface area (Å²) < 4.78 is 19.5. The van der Waals surface area contributed by atoms with Crippen molar-refractivity contribution in [1.29, 1.82) is 0 Å². The van der Waals surface area contributed by atoms with Crippen LogP contribution in [0, 0.1) is 11.7 Å². The predicted molar refractivity (Wildman–Crippen MR) is 137 cm³/mol. The van der Waals surface area contributed by atoms with Crippen molar-refractivity contribution < 1.29 is 18.4 Å². The van der Waals surface area contributed by atoms with Crippen molar-refractivity contribution in [3.63, 3.8) is 0 Å². The van der Waals surface area contributed by atoms with Crippen LogP contribution in [0.1, 0.15) is 41.0 Å². The van der Waals surface area contributed by atoms with Gasteiger partial charge in [-0.15, -0.1) is 0 Å². The van der Waals surface area contributed by atoms with Crippen molar-refractivity contribution in [1.82, 2.24) is 10.2 Å². The Balaban J connectivity index is 1.74. The van der Waals surface area contributed by atoms with E-state index in [-0.39, 0.29) is 17.6 Å². The molecule has 0 unspecified atom stereocenters. The van der Waals surface area contributed by atoms with Gasteiger partial charge in [0.1, 0.15) is 17.2 Å². The molecule has 180 valence electrons. The lowest BCUT2D eigenvalue weighted by molar-refractivity contribution is 0.0789. The fourth-order valence-electron chi connectivity index (χ4n) is 4.04. The van der Waals surface area contributed by atoms with E-state index in [4.69, 9.17) is 4.42 Å². The molecule has 35 heavy (non-hydrogen) atoms. The number of nitrogens with zero attached hydrogens (tertiary/aromatic N) is 1. The van der Waals surface area contributed by atoms with Crippen molar-refractivity contribution in [2.24, 2.45) is 5.92 Å². The minimum absolute atomic E-state index is 0.0264. The average Bonchev–Trinajstić information content (AvgIpc) is 3.25. The Bertz CT molecular complexity index is 1370. The molecule has 0 bridgehead atoms. The maximum atomic E-state index is 13.5. The Morgan fingerprint density at radius 2 is 1.66 bits per heavy atom. The zero-order valence-electron chi connectivity index (χ0n) is 20.4. The molecule has 1 N–H and O–H groups in total. The van der Waals surface area contributed by atoms with Gasteiger partial charge in [-0.3, -0.25) is 9.59 Å². The Morgan fingerprint density at radius 1 is 0.971 bits per heavy atom. The number of halogens is 1. The number of carbonyl (C=O) groups excluding carboxylic acids is 2. The average molecular weight is 473 g/mol. The first-order chi connectivity index (χ1) is 16.8. The van der Waals surface area contributed by atoms with Crippen LogP contribution in [-0.2, 0) is 0 Å². The van der Waals surface area contributed by atoms with E-state index >= 15 is 0 Å². The van der Waals surface area contributed by atoms with Gasteiger partial charge in [0.2, 0.25) is 0 Å². The first kappa shape index (κ1) is 24.2. The smallest absolute Gasteiger partial charge is 0.255 e. The number of hydrogen-bond donors (Lipinski definition) is 1. The van der Waals surface area contributed by atoms with Crippen molar-refractivity contribution in [2.75, 3.05) is 20.6 Å². The highest BCUT2D eigenvalue weighted by atomic mass is 19.1. The molecule has 5 nitrogen and oxygen atoms in total. The summed E-state index contributed by atoms with van der Waals surface area (Å²) in [6, 6.07) is 18.9. The molecule has 0 saturated heterocycles. The molecule has 0 radical (unpaired) electrons. The molecule has 1 heterocycles. The number of fused-ring (bicyclic) bond motifs is 1. The largest absolute Gasteiger partial charge is 0.455 e. The summed E-state index contributed by atoms with van der Waals surface area (Å²) in [6.07, 6.45) is 0.942. The summed E-state index contributed by atoms with van der Waals surface area (Å²) in [6.45, 7) is 4.97. The second-order valence-electron chi connectivity index (χ2n) is 9.09. The zero-order valence-corrected chi connectivity index (χ0v) is 20.4. The van der Waals surface area contributed by atoms with Crippen LogP contribution >= 0.6 is 0 Å². The minimum Gasteiger partial charge on any atom is -0.455 e. The van der Waals surface area contributed by atoms with Crippen LogP contribution in [0.15, 0.2) is 71.1 Å². The Morgan fingerprint density at radius 3 is 2.34 bits per heavy atom. The van der Waals surface area contributed by atoms with Gasteiger partial charge in [0, 0.05) is 37.2 Å². The van der Waals surface area contributed by atoms with Crippen LogP contribution in [-0.4, -0.2) is 37.4 Å². The van der Waals surface area contributed by atoms with Gasteiger partial charge in [-0.25, -0.2) is 4.39 Å². The van der Waals surface area contributed by atoms with Gasteiger partial charge in [0.15, 0.2) is 0 Å². The van der Waals surface area contributed by atoms with Crippen LogP contribution in [0.5, 0.6) is 0 Å². The van der Waals surface area contributed by atoms with Crippen LogP contribution in [0.2, 0.25) is 0 Å². The number of amides is 2. The number of furan rings is 1. The lowest BCUT2D eigenvalue weighted by Gasteiger charge is -2.18. The molecule has 3 aromatic carbocycles. The second kappa shape index (κ2) is 10.1. The molecule has 0 aliphatic carbocycles. The van der Waals surface area contributed by atoms with E-state index in [1.54, 1.807) is 24.1 Å². The monoisotopic (exact) mass is 472 g/mol. The standard InChI is InChI=1S/C29H29FN2O3/c1-18(2)14-15-32(4)29(34)22-7-5-6-20(16-22)21-10-13-25-24(17-21)26(28(33)31-3)27(35-25)19-8-11-23(30)12-9-19/h5-13,16-18H,14-15H2,1-4H3,(H,31,33). The third kappa shape index (κ3) is 5.11. The summed E-state index contributed by atoms with van der Waals surface area (Å²) in [7, 11) is 3.38. The third-order valence-electron chi connectivity index (χ3n) is 6.08. The van der Waals surface area contributed by atoms with E-state index in [0.717, 1.165) is 17.5 Å². The van der Waals surface area contributed by atoms with Crippen LogP contribution in [0.3, 0.4) is 0 Å². The van der Waals surface area contributed by atoms with Gasteiger partial charge in [-0.1, -0.05) is 32.0 Å². The van der Waals surface area contributed by atoms with Gasteiger partial charge in [0.25, 0.3) is 11.8 Å². The Labute approximate surface area is 204 Å². The summed E-state index contributed by atoms with van der Waals surface area (Å²) >= 11 is 0. The van der Waals surface area contributed by atoms with Crippen molar-refractivity contribution >= 4 is 22.8 Å². The Hall–Kier alpha value is -3.93. The molecule has 0 aliphatic heterocycles. The van der Waals surface area contributed by atoms with Gasteiger partial charge >= 0.3 is 0 Å². The van der Waals surface area contributed by atoms with Gasteiger partial charge < -0.3 is 14.6 Å². The quantitative estimate of drug-likeness (QED) is 0.339. The SMILES string of the molecule is CNC(=O)c1c(-c2ccc(F)cc2)oc2ccc(-c3cccc(C(=O)N(C)CCC(C)C)c3)cc12. The fourth-order valence-corrected chi connectivity index (χ4v) is 4.04. The summed E-state index contributed by atoms with van der Waals surface area (Å²) in [5.74, 6) is 0.218. The summed E-state index contributed by atoms with van der Waals surface area (Å²) in [5.41, 5.74) is 3.87. The molecule has 1 aromatic heterocycles. The van der Waals surface area contributed by atoms with Crippen molar-refractivity contribution in [3.8, 4) is 22.5 Å². The molecule has 6 heteroatoms. The Kier molecular flexibility index (Phi) is 7.01. The van der Waals surface area contributed by atoms with E-state index in [9.17, 15) is 14.0 Å². The van der Waals surface area contributed by atoms with E-state index in [1.165, 1.54) is 12.1 Å². The van der Waals surface area contributed by atoms with E-state index in [0.29, 0.717) is 45.9 Å². The number of nitrogens with one attached hydrogen (secondary N) is 1. The predicted octanol–water partition coefficient (Wildman–Crippen LogP) is 6.38. The molecule has 4 rings (SSSR count). The maximum Gasteiger partial charge on any atom is 0.255 e. The molecule has 0 spiro atoms. The van der Waals surface area contributed by atoms with E-state index in [1.807, 2.05) is 49.5 Å². The first-order valence-corrected chi connectivity index (χ1v) is 11.7. The van der Waals surface area contributed by atoms with Crippen molar-refractivity contribution in [2.45, 2.75) is 20.3 Å². The van der Waals surface area contributed by atoms with Gasteiger partial charge in [-0.05, 0) is 72.0 Å². The lowest BCUT2D eigenvalue weighted by atomic mass is 9.98. The minimum atomic E-state index is -0.363. The molecule has 4 aromatic rings. The zero-order chi connectivity index (χ0) is 25.1. The second-order valence-corrected chi connectivity index (χ2v) is 9.09. The number of hydrogen-bond acceptors (Lipinski definition) is 3. The third-order valence-corrected chi connectivity index (χ3v) is 6.08. The summed E-state index contributed by atoms with van der Waals surface area (Å²) in [4.78, 5) is 27.5. The molecular weight excluding hydrogens is 443 g/mol. The number of carbonyl (C=O) groups is 2. The molecule has 0 fully saturated rings. The molecule has 0 aliphatic rings. The highest BCUT2D eigenvalue weighted by Gasteiger charge is 2.22. The van der Waals surface area contributed by atoms with E-state index < -0.39 is 0 Å². The number of benzene rings is 3. The summed E-state index contributed by atoms with van der Waals surface area (Å²) in [5, 5.41) is 3.32. The topological polar surface area (TPSA) is 62.6 Å². The van der Waals surface area contributed by atoms with Crippen molar-refractivity contribution in [3.05, 3.63) is 83.7 Å². The van der Waals surface area contributed by atoms with Gasteiger partial charge in [0.05, 0.1) is 5.56 Å². The van der Waals surface area contributed by atoms with Crippen LogP contribution in [0.4, 0.5) is 4.39 Å². The lowest BCUT2D eigenvalue weighted by Crippen LogP contribution is -2.28. The number of rotatable bonds is 7. The van der Waals surface area contributed by atoms with Gasteiger partial charge in [-0.2, -0.15) is 0 Å². The first-order valence-electron chi connectivity index (χ1n) is 11.7. The fraction of sp³-hybridized carbons (Fsp3) is 0.241. The van der Waals surface area contributed by atoms with Crippen LogP contribution in [0.25, 0.3) is 33.4 Å².